The zero-order chi connectivity index (χ0) is 9.41. The second-order valence-corrected chi connectivity index (χ2v) is 6.23. The van der Waals surface area contributed by atoms with Gasteiger partial charge in [-0.2, -0.15) is 0 Å². The minimum Gasteiger partial charge on any atom is -0.253 e. The molecule has 0 fully saturated rings. The van der Waals surface area contributed by atoms with Crippen LogP contribution in [-0.4, -0.2) is 17.1 Å². The molecule has 12 heavy (non-hydrogen) atoms. The third-order valence-electron chi connectivity index (χ3n) is 1.63. The second kappa shape index (κ2) is 2.62. The van der Waals surface area contributed by atoms with Crippen LogP contribution in [0.5, 0.6) is 0 Å². The normalized spacial score (nSPS) is 13.2. The minimum atomic E-state index is -3.22. The van der Waals surface area contributed by atoms with Crippen molar-refractivity contribution in [1.82, 2.24) is 3.97 Å². The molecule has 0 aliphatic heterocycles. The summed E-state index contributed by atoms with van der Waals surface area (Å²) in [5.74, 6) is 0. The van der Waals surface area contributed by atoms with Crippen molar-refractivity contribution < 1.29 is 8.42 Å². The molecule has 0 aliphatic rings. The first-order chi connectivity index (χ1) is 5.36. The van der Waals surface area contributed by atoms with Gasteiger partial charge in [-0.3, -0.25) is 3.97 Å². The first-order valence-electron chi connectivity index (χ1n) is 3.74. The molecule has 0 bridgehead atoms. The predicted octanol–water partition coefficient (Wildman–Crippen LogP) is 1.46. The largest absolute Gasteiger partial charge is 0.253 e. The maximum atomic E-state index is 11.7. The number of hydrogen-bond acceptors (Lipinski definition) is 2. The fraction of sp³-hybridized carbons (Fsp3) is 0.500. The van der Waals surface area contributed by atoms with E-state index in [4.69, 9.17) is 0 Å². The van der Waals surface area contributed by atoms with Crippen LogP contribution in [-0.2, 0) is 10.0 Å². The van der Waals surface area contributed by atoms with Crippen molar-refractivity contribution in [3.05, 3.63) is 24.5 Å². The summed E-state index contributed by atoms with van der Waals surface area (Å²) in [6.45, 7) is 5.05. The highest BCUT2D eigenvalue weighted by Crippen LogP contribution is 2.17. The standard InChI is InChI=1S/C8H13NO2S/c1-8(2,3)12(10,11)9-6-4-5-7-9/h4-7H,1-3H3. The Labute approximate surface area is 73.1 Å². The van der Waals surface area contributed by atoms with Crippen molar-refractivity contribution in [2.45, 2.75) is 25.5 Å². The Balaban J connectivity index is 3.22. The lowest BCUT2D eigenvalue weighted by atomic mass is 10.3. The average Bonchev–Trinajstić information content (AvgIpc) is 2.34. The molecule has 0 unspecified atom stereocenters. The lowest BCUT2D eigenvalue weighted by Gasteiger charge is -2.19. The highest BCUT2D eigenvalue weighted by Gasteiger charge is 2.29. The van der Waals surface area contributed by atoms with E-state index >= 15 is 0 Å². The molecule has 4 heteroatoms. The predicted molar refractivity (Wildman–Crippen MR) is 48.5 cm³/mol. The molecular weight excluding hydrogens is 174 g/mol. The van der Waals surface area contributed by atoms with E-state index in [9.17, 15) is 8.42 Å². The maximum absolute atomic E-state index is 11.7. The summed E-state index contributed by atoms with van der Waals surface area (Å²) >= 11 is 0. The van der Waals surface area contributed by atoms with Gasteiger partial charge in [-0.25, -0.2) is 8.42 Å². The van der Waals surface area contributed by atoms with E-state index in [0.29, 0.717) is 0 Å². The van der Waals surface area contributed by atoms with E-state index in [1.54, 1.807) is 45.3 Å². The Morgan fingerprint density at radius 1 is 1.08 bits per heavy atom. The maximum Gasteiger partial charge on any atom is 0.243 e. The van der Waals surface area contributed by atoms with Gasteiger partial charge in [-0.15, -0.1) is 0 Å². The van der Waals surface area contributed by atoms with Crippen LogP contribution in [0.2, 0.25) is 0 Å². The van der Waals surface area contributed by atoms with E-state index in [2.05, 4.69) is 0 Å². The Morgan fingerprint density at radius 3 is 1.83 bits per heavy atom. The van der Waals surface area contributed by atoms with Crippen molar-refractivity contribution in [3.63, 3.8) is 0 Å². The summed E-state index contributed by atoms with van der Waals surface area (Å²) in [4.78, 5) is 0. The van der Waals surface area contributed by atoms with Gasteiger partial charge in [0.2, 0.25) is 10.0 Å². The van der Waals surface area contributed by atoms with Gasteiger partial charge in [-0.05, 0) is 32.9 Å². The fourth-order valence-electron chi connectivity index (χ4n) is 0.795. The van der Waals surface area contributed by atoms with E-state index in [0.717, 1.165) is 0 Å². The van der Waals surface area contributed by atoms with Crippen molar-refractivity contribution >= 4 is 10.0 Å². The van der Waals surface area contributed by atoms with Crippen LogP contribution in [0, 0.1) is 0 Å². The Kier molecular flexibility index (Phi) is 2.04. The zero-order valence-corrected chi connectivity index (χ0v) is 8.30. The summed E-state index contributed by atoms with van der Waals surface area (Å²) < 4.78 is 23.9. The number of nitrogens with zero attached hydrogens (tertiary/aromatic N) is 1. The van der Waals surface area contributed by atoms with E-state index in [-0.39, 0.29) is 0 Å². The van der Waals surface area contributed by atoms with Crippen LogP contribution < -0.4 is 0 Å². The minimum absolute atomic E-state index is 0.744. The van der Waals surface area contributed by atoms with Crippen LogP contribution in [0.3, 0.4) is 0 Å². The Bertz CT molecular complexity index is 343. The van der Waals surface area contributed by atoms with Crippen molar-refractivity contribution in [2.24, 2.45) is 0 Å². The summed E-state index contributed by atoms with van der Waals surface area (Å²) in [7, 11) is -3.22. The van der Waals surface area contributed by atoms with Crippen molar-refractivity contribution in [2.75, 3.05) is 0 Å². The second-order valence-electron chi connectivity index (χ2n) is 3.63. The van der Waals surface area contributed by atoms with Crippen LogP contribution in [0.25, 0.3) is 0 Å². The first-order valence-corrected chi connectivity index (χ1v) is 5.18. The molecule has 3 nitrogen and oxygen atoms in total. The highest BCUT2D eigenvalue weighted by atomic mass is 32.2. The Morgan fingerprint density at radius 2 is 1.50 bits per heavy atom. The topological polar surface area (TPSA) is 39.1 Å². The molecule has 1 heterocycles. The molecule has 0 atom stereocenters. The molecule has 0 aliphatic carbocycles. The lowest BCUT2D eigenvalue weighted by molar-refractivity contribution is 0.551. The Hall–Kier alpha value is -0.770. The van der Waals surface area contributed by atoms with Crippen molar-refractivity contribution in [3.8, 4) is 0 Å². The number of aromatic nitrogens is 1. The van der Waals surface area contributed by atoms with Gasteiger partial charge in [0.1, 0.15) is 0 Å². The van der Waals surface area contributed by atoms with Crippen LogP contribution in [0.1, 0.15) is 20.8 Å². The van der Waals surface area contributed by atoms with Crippen LogP contribution in [0.15, 0.2) is 24.5 Å². The fourth-order valence-corrected chi connectivity index (χ4v) is 1.89. The molecule has 1 aromatic heterocycles. The lowest BCUT2D eigenvalue weighted by Crippen LogP contribution is -2.32. The van der Waals surface area contributed by atoms with Crippen LogP contribution >= 0.6 is 0 Å². The van der Waals surface area contributed by atoms with Gasteiger partial charge in [0.05, 0.1) is 4.75 Å². The van der Waals surface area contributed by atoms with Gasteiger partial charge in [0, 0.05) is 12.4 Å². The first kappa shape index (κ1) is 9.32. The van der Waals surface area contributed by atoms with E-state index < -0.39 is 14.8 Å². The summed E-state index contributed by atoms with van der Waals surface area (Å²) in [5, 5.41) is 0. The van der Waals surface area contributed by atoms with Crippen LogP contribution in [0.4, 0.5) is 0 Å². The SMILES string of the molecule is CC(C)(C)S(=O)(=O)n1cccc1. The molecule has 0 N–H and O–H groups in total. The summed E-state index contributed by atoms with van der Waals surface area (Å²) in [5.41, 5.74) is 0. The average molecular weight is 187 g/mol. The smallest absolute Gasteiger partial charge is 0.243 e. The van der Waals surface area contributed by atoms with Gasteiger partial charge in [0.15, 0.2) is 0 Å². The molecule has 1 aromatic rings. The van der Waals surface area contributed by atoms with Crippen molar-refractivity contribution in [1.29, 1.82) is 0 Å². The van der Waals surface area contributed by atoms with E-state index in [1.165, 1.54) is 3.97 Å². The molecule has 0 amide bonds. The molecular formula is C8H13NO2S. The molecule has 0 spiro atoms. The summed E-state index contributed by atoms with van der Waals surface area (Å²) in [6.07, 6.45) is 3.08. The third-order valence-corrected chi connectivity index (χ3v) is 3.97. The molecule has 68 valence electrons. The van der Waals surface area contributed by atoms with Gasteiger partial charge < -0.3 is 0 Å². The molecule has 1 rings (SSSR count). The zero-order valence-electron chi connectivity index (χ0n) is 7.48. The van der Waals surface area contributed by atoms with Gasteiger partial charge >= 0.3 is 0 Å². The number of rotatable bonds is 1. The third kappa shape index (κ3) is 1.39. The molecule has 0 aromatic carbocycles. The summed E-state index contributed by atoms with van der Waals surface area (Å²) in [6, 6.07) is 3.40. The molecule has 0 radical (unpaired) electrons. The molecule has 0 saturated carbocycles. The number of hydrogen-bond donors (Lipinski definition) is 0. The molecule has 0 saturated heterocycles. The van der Waals surface area contributed by atoms with Gasteiger partial charge in [-0.1, -0.05) is 0 Å². The quantitative estimate of drug-likeness (QED) is 0.667. The van der Waals surface area contributed by atoms with Gasteiger partial charge in [0.25, 0.3) is 0 Å². The van der Waals surface area contributed by atoms with E-state index in [1.807, 2.05) is 0 Å². The monoisotopic (exact) mass is 187 g/mol. The highest BCUT2D eigenvalue weighted by molar-refractivity contribution is 7.91.